The van der Waals surface area contributed by atoms with Crippen LogP contribution in [0.5, 0.6) is 0 Å². The molecular weight excluding hydrogens is 230 g/mol. The predicted octanol–water partition coefficient (Wildman–Crippen LogP) is 2.82. The second kappa shape index (κ2) is 5.58. The Bertz CT molecular complexity index is 413. The molecule has 1 N–H and O–H groups in total. The Hall–Kier alpha value is -0.960. The summed E-state index contributed by atoms with van der Waals surface area (Å²) in [5, 5.41) is 3.01. The number of carbonyl (C=O) groups is 1. The van der Waals surface area contributed by atoms with Crippen molar-refractivity contribution in [2.24, 2.45) is 0 Å². The van der Waals surface area contributed by atoms with E-state index in [-0.39, 0.29) is 5.91 Å². The Morgan fingerprint density at radius 3 is 2.88 bits per heavy atom. The average molecular weight is 249 g/mol. The highest BCUT2D eigenvalue weighted by Gasteiger charge is 2.22. The standard InChI is InChI=1S/C14H19NOS/c1-10-3-4-11(2)12(7-10)8-17-9-14(16)15-13-5-6-13/h3-4,7,13H,5-6,8-9H2,1-2H3,(H,15,16). The number of benzene rings is 1. The smallest absolute Gasteiger partial charge is 0.230 e. The van der Waals surface area contributed by atoms with Crippen LogP contribution < -0.4 is 5.32 Å². The van der Waals surface area contributed by atoms with E-state index in [0.29, 0.717) is 11.8 Å². The van der Waals surface area contributed by atoms with Gasteiger partial charge >= 0.3 is 0 Å². The van der Waals surface area contributed by atoms with Gasteiger partial charge in [0.1, 0.15) is 0 Å². The van der Waals surface area contributed by atoms with Gasteiger partial charge in [-0.25, -0.2) is 0 Å². The van der Waals surface area contributed by atoms with Gasteiger partial charge in [0.2, 0.25) is 5.91 Å². The summed E-state index contributed by atoms with van der Waals surface area (Å²) < 4.78 is 0. The van der Waals surface area contributed by atoms with Gasteiger partial charge in [-0.05, 0) is 37.8 Å². The first-order valence-electron chi connectivity index (χ1n) is 6.08. The maximum Gasteiger partial charge on any atom is 0.230 e. The number of carbonyl (C=O) groups excluding carboxylic acids is 1. The Labute approximate surface area is 107 Å². The van der Waals surface area contributed by atoms with Crippen molar-refractivity contribution in [3.63, 3.8) is 0 Å². The molecule has 1 aromatic carbocycles. The van der Waals surface area contributed by atoms with E-state index in [4.69, 9.17) is 0 Å². The summed E-state index contributed by atoms with van der Waals surface area (Å²) in [5.41, 5.74) is 3.94. The molecule has 1 aliphatic rings. The van der Waals surface area contributed by atoms with Crippen LogP contribution in [0.4, 0.5) is 0 Å². The largest absolute Gasteiger partial charge is 0.353 e. The van der Waals surface area contributed by atoms with Crippen LogP contribution in [0.3, 0.4) is 0 Å². The van der Waals surface area contributed by atoms with E-state index < -0.39 is 0 Å². The lowest BCUT2D eigenvalue weighted by molar-refractivity contribution is -0.118. The number of amides is 1. The second-order valence-corrected chi connectivity index (χ2v) is 5.75. The molecule has 1 fully saturated rings. The van der Waals surface area contributed by atoms with Crippen LogP contribution in [-0.4, -0.2) is 17.7 Å². The van der Waals surface area contributed by atoms with E-state index >= 15 is 0 Å². The maximum absolute atomic E-state index is 11.5. The molecule has 1 aliphatic carbocycles. The molecule has 1 amide bonds. The van der Waals surface area contributed by atoms with Crippen molar-refractivity contribution in [3.05, 3.63) is 34.9 Å². The zero-order chi connectivity index (χ0) is 12.3. The fourth-order valence-electron chi connectivity index (χ4n) is 1.71. The normalized spacial score (nSPS) is 14.7. The second-order valence-electron chi connectivity index (χ2n) is 4.76. The number of hydrogen-bond acceptors (Lipinski definition) is 2. The van der Waals surface area contributed by atoms with E-state index in [0.717, 1.165) is 18.6 Å². The molecule has 0 atom stereocenters. The van der Waals surface area contributed by atoms with Crippen molar-refractivity contribution >= 4 is 17.7 Å². The Morgan fingerprint density at radius 1 is 1.41 bits per heavy atom. The summed E-state index contributed by atoms with van der Waals surface area (Å²) in [5.74, 6) is 1.68. The number of aryl methyl sites for hydroxylation is 2. The molecule has 0 saturated heterocycles. The molecule has 1 aromatic rings. The summed E-state index contributed by atoms with van der Waals surface area (Å²) >= 11 is 1.70. The lowest BCUT2D eigenvalue weighted by Gasteiger charge is -2.07. The molecule has 0 unspecified atom stereocenters. The summed E-state index contributed by atoms with van der Waals surface area (Å²) in [7, 11) is 0. The van der Waals surface area contributed by atoms with Crippen LogP contribution in [0.1, 0.15) is 29.5 Å². The predicted molar refractivity (Wildman–Crippen MR) is 73.2 cm³/mol. The van der Waals surface area contributed by atoms with Gasteiger partial charge in [-0.2, -0.15) is 0 Å². The first kappa shape index (κ1) is 12.5. The molecule has 0 aliphatic heterocycles. The molecule has 0 bridgehead atoms. The van der Waals surface area contributed by atoms with Gasteiger partial charge in [0, 0.05) is 11.8 Å². The highest BCUT2D eigenvalue weighted by Crippen LogP contribution is 2.20. The summed E-state index contributed by atoms with van der Waals surface area (Å²) in [6.07, 6.45) is 2.32. The van der Waals surface area contributed by atoms with E-state index in [1.165, 1.54) is 16.7 Å². The molecule has 0 heterocycles. The van der Waals surface area contributed by atoms with E-state index in [2.05, 4.69) is 37.4 Å². The van der Waals surface area contributed by atoms with E-state index in [9.17, 15) is 4.79 Å². The van der Waals surface area contributed by atoms with Crippen LogP contribution in [0.25, 0.3) is 0 Å². The molecular formula is C14H19NOS. The molecule has 92 valence electrons. The van der Waals surface area contributed by atoms with Crippen molar-refractivity contribution in [2.45, 2.75) is 38.5 Å². The third-order valence-corrected chi connectivity index (χ3v) is 3.92. The fourth-order valence-corrected chi connectivity index (χ4v) is 2.61. The number of nitrogens with one attached hydrogen (secondary N) is 1. The fraction of sp³-hybridized carbons (Fsp3) is 0.500. The Balaban J connectivity index is 1.76. The molecule has 2 rings (SSSR count). The maximum atomic E-state index is 11.5. The molecule has 1 saturated carbocycles. The number of thioether (sulfide) groups is 1. The first-order chi connectivity index (χ1) is 8.15. The zero-order valence-corrected chi connectivity index (χ0v) is 11.3. The molecule has 0 spiro atoms. The monoisotopic (exact) mass is 249 g/mol. The highest BCUT2D eigenvalue weighted by atomic mass is 32.2. The van der Waals surface area contributed by atoms with Crippen LogP contribution in [0.15, 0.2) is 18.2 Å². The molecule has 0 radical (unpaired) electrons. The minimum absolute atomic E-state index is 0.183. The van der Waals surface area contributed by atoms with Gasteiger partial charge in [-0.1, -0.05) is 23.8 Å². The molecule has 17 heavy (non-hydrogen) atoms. The minimum Gasteiger partial charge on any atom is -0.353 e. The summed E-state index contributed by atoms with van der Waals surface area (Å²) in [6, 6.07) is 6.96. The number of hydrogen-bond donors (Lipinski definition) is 1. The van der Waals surface area contributed by atoms with Gasteiger partial charge in [0.25, 0.3) is 0 Å². The molecule has 3 heteroatoms. The van der Waals surface area contributed by atoms with Gasteiger partial charge in [-0.3, -0.25) is 4.79 Å². The topological polar surface area (TPSA) is 29.1 Å². The minimum atomic E-state index is 0.183. The van der Waals surface area contributed by atoms with Crippen LogP contribution in [0.2, 0.25) is 0 Å². The summed E-state index contributed by atoms with van der Waals surface area (Å²) in [4.78, 5) is 11.5. The van der Waals surface area contributed by atoms with Crippen molar-refractivity contribution < 1.29 is 4.79 Å². The van der Waals surface area contributed by atoms with Crippen LogP contribution in [0, 0.1) is 13.8 Å². The van der Waals surface area contributed by atoms with E-state index in [1.807, 2.05) is 0 Å². The third-order valence-electron chi connectivity index (χ3n) is 2.94. The van der Waals surface area contributed by atoms with Gasteiger partial charge in [0.15, 0.2) is 0 Å². The molecule has 2 nitrogen and oxygen atoms in total. The van der Waals surface area contributed by atoms with E-state index in [1.54, 1.807) is 11.8 Å². The lowest BCUT2D eigenvalue weighted by Crippen LogP contribution is -2.27. The quantitative estimate of drug-likeness (QED) is 0.869. The van der Waals surface area contributed by atoms with Crippen molar-refractivity contribution in [1.82, 2.24) is 5.32 Å². The van der Waals surface area contributed by atoms with Gasteiger partial charge in [0.05, 0.1) is 5.75 Å². The van der Waals surface area contributed by atoms with Crippen LogP contribution >= 0.6 is 11.8 Å². The Kier molecular flexibility index (Phi) is 4.11. The number of rotatable bonds is 5. The molecule has 0 aromatic heterocycles. The van der Waals surface area contributed by atoms with Crippen molar-refractivity contribution in [2.75, 3.05) is 5.75 Å². The average Bonchev–Trinajstić information content (AvgIpc) is 3.07. The first-order valence-corrected chi connectivity index (χ1v) is 7.24. The zero-order valence-electron chi connectivity index (χ0n) is 10.5. The Morgan fingerprint density at radius 2 is 2.18 bits per heavy atom. The van der Waals surface area contributed by atoms with Crippen molar-refractivity contribution in [1.29, 1.82) is 0 Å². The SMILES string of the molecule is Cc1ccc(C)c(CSCC(=O)NC2CC2)c1. The highest BCUT2D eigenvalue weighted by molar-refractivity contribution is 7.99. The van der Waals surface area contributed by atoms with Crippen molar-refractivity contribution in [3.8, 4) is 0 Å². The van der Waals surface area contributed by atoms with Crippen LogP contribution in [-0.2, 0) is 10.5 Å². The lowest BCUT2D eigenvalue weighted by atomic mass is 10.1. The van der Waals surface area contributed by atoms with Gasteiger partial charge < -0.3 is 5.32 Å². The third kappa shape index (κ3) is 4.08. The van der Waals surface area contributed by atoms with Gasteiger partial charge in [-0.15, -0.1) is 11.8 Å². The summed E-state index contributed by atoms with van der Waals surface area (Å²) in [6.45, 7) is 4.23.